The molecule has 1 amide bonds. The second kappa shape index (κ2) is 7.22. The minimum absolute atomic E-state index is 0.00476. The molecule has 0 aromatic heterocycles. The van der Waals surface area contributed by atoms with Gasteiger partial charge in [0.05, 0.1) is 25.1 Å². The van der Waals surface area contributed by atoms with Crippen LogP contribution in [0.4, 0.5) is 13.2 Å². The lowest BCUT2D eigenvalue weighted by Gasteiger charge is -2.36. The number of rotatable bonds is 3. The summed E-state index contributed by atoms with van der Waals surface area (Å²) in [5, 5.41) is 9.28. The normalized spacial score (nSPS) is 27.5. The van der Waals surface area contributed by atoms with E-state index in [0.29, 0.717) is 5.56 Å². The van der Waals surface area contributed by atoms with E-state index in [1.54, 1.807) is 32.0 Å². The van der Waals surface area contributed by atoms with Crippen molar-refractivity contribution in [1.29, 1.82) is 5.26 Å². The van der Waals surface area contributed by atoms with Crippen LogP contribution in [-0.2, 0) is 14.3 Å². The Kier molecular flexibility index (Phi) is 5.26. The largest absolute Gasteiger partial charge is 0.397 e. The fourth-order valence-corrected chi connectivity index (χ4v) is 3.52. The Morgan fingerprint density at radius 3 is 2.61 bits per heavy atom. The number of allylic oxidation sites excluding steroid dienone is 1. The molecule has 8 heteroatoms. The van der Waals surface area contributed by atoms with Gasteiger partial charge in [-0.05, 0) is 38.5 Å². The highest BCUT2D eigenvalue weighted by atomic mass is 19.4. The van der Waals surface area contributed by atoms with Crippen LogP contribution >= 0.6 is 0 Å². The van der Waals surface area contributed by atoms with Gasteiger partial charge in [0, 0.05) is 5.70 Å². The highest BCUT2D eigenvalue weighted by Gasteiger charge is 2.51. The van der Waals surface area contributed by atoms with Crippen LogP contribution in [0.2, 0.25) is 0 Å². The van der Waals surface area contributed by atoms with Crippen molar-refractivity contribution < 1.29 is 27.4 Å². The molecule has 3 atom stereocenters. The Balaban J connectivity index is 2.04. The number of hydrogen-bond acceptors (Lipinski definition) is 4. The molecule has 1 aromatic carbocycles. The first-order valence-electron chi connectivity index (χ1n) is 8.90. The van der Waals surface area contributed by atoms with Gasteiger partial charge in [-0.2, -0.15) is 18.4 Å². The number of halogens is 3. The Bertz CT molecular complexity index is 842. The number of hydrogen-bond donors (Lipinski definition) is 0. The third-order valence-electron chi connectivity index (χ3n) is 4.80. The number of carbonyl (C=O) groups excluding carboxylic acids is 1. The molecule has 0 saturated carbocycles. The zero-order valence-corrected chi connectivity index (χ0v) is 15.8. The quantitative estimate of drug-likeness (QED) is 0.785. The Morgan fingerprint density at radius 1 is 1.36 bits per heavy atom. The standard InChI is InChI=1S/C20H21F3N2O3/c1-12-5-4-6-13(7-12)17-8-16(20(21,22)23)15(9-24)18(26)25(17)10-14-11-27-19(2,3)28-14/h4-8,14-16H,10-11H2,1-3H3. The van der Waals surface area contributed by atoms with Crippen LogP contribution in [0.15, 0.2) is 30.3 Å². The summed E-state index contributed by atoms with van der Waals surface area (Å²) >= 11 is 0. The summed E-state index contributed by atoms with van der Waals surface area (Å²) in [6, 6.07) is 8.42. The number of benzene rings is 1. The number of ether oxygens (including phenoxy) is 2. The van der Waals surface area contributed by atoms with Crippen molar-refractivity contribution in [3.8, 4) is 6.07 Å². The lowest BCUT2D eigenvalue weighted by atomic mass is 9.85. The molecule has 2 heterocycles. The average molecular weight is 394 g/mol. The van der Waals surface area contributed by atoms with Gasteiger partial charge in [0.15, 0.2) is 5.79 Å². The van der Waals surface area contributed by atoms with Gasteiger partial charge in [-0.15, -0.1) is 0 Å². The molecule has 1 aromatic rings. The van der Waals surface area contributed by atoms with Crippen LogP contribution in [0.25, 0.3) is 5.70 Å². The number of nitriles is 1. The zero-order valence-electron chi connectivity index (χ0n) is 15.8. The maximum absolute atomic E-state index is 13.5. The summed E-state index contributed by atoms with van der Waals surface area (Å²) in [6.45, 7) is 5.47. The summed E-state index contributed by atoms with van der Waals surface area (Å²) in [7, 11) is 0. The molecule has 0 aliphatic carbocycles. The van der Waals surface area contributed by atoms with Crippen LogP contribution in [0, 0.1) is 30.1 Å². The average Bonchev–Trinajstić information content (AvgIpc) is 2.94. The fraction of sp³-hybridized carbons (Fsp3) is 0.500. The molecule has 0 radical (unpaired) electrons. The van der Waals surface area contributed by atoms with Crippen molar-refractivity contribution in [2.75, 3.05) is 13.2 Å². The zero-order chi connectivity index (χ0) is 20.7. The van der Waals surface area contributed by atoms with Crippen molar-refractivity contribution in [3.05, 3.63) is 41.5 Å². The van der Waals surface area contributed by atoms with Gasteiger partial charge < -0.3 is 14.4 Å². The topological polar surface area (TPSA) is 62.6 Å². The van der Waals surface area contributed by atoms with Crippen LogP contribution in [0.1, 0.15) is 25.0 Å². The van der Waals surface area contributed by atoms with E-state index < -0.39 is 35.8 Å². The minimum Gasteiger partial charge on any atom is -0.348 e. The maximum atomic E-state index is 13.5. The van der Waals surface area contributed by atoms with E-state index in [-0.39, 0.29) is 18.8 Å². The van der Waals surface area contributed by atoms with E-state index in [2.05, 4.69) is 0 Å². The van der Waals surface area contributed by atoms with Crippen molar-refractivity contribution in [1.82, 2.24) is 4.90 Å². The van der Waals surface area contributed by atoms with Gasteiger partial charge in [-0.1, -0.05) is 23.8 Å². The molecule has 2 aliphatic rings. The van der Waals surface area contributed by atoms with Gasteiger partial charge in [-0.3, -0.25) is 4.79 Å². The first kappa shape index (κ1) is 20.4. The summed E-state index contributed by atoms with van der Waals surface area (Å²) < 4.78 is 51.8. The Morgan fingerprint density at radius 2 is 2.07 bits per heavy atom. The van der Waals surface area contributed by atoms with Crippen molar-refractivity contribution in [2.24, 2.45) is 11.8 Å². The summed E-state index contributed by atoms with van der Waals surface area (Å²) in [5.41, 5.74) is 1.46. The van der Waals surface area contributed by atoms with Crippen LogP contribution in [0.5, 0.6) is 0 Å². The van der Waals surface area contributed by atoms with E-state index in [9.17, 15) is 23.2 Å². The number of aryl methyl sites for hydroxylation is 1. The molecule has 150 valence electrons. The van der Waals surface area contributed by atoms with Gasteiger partial charge in [0.25, 0.3) is 0 Å². The maximum Gasteiger partial charge on any atom is 0.397 e. The van der Waals surface area contributed by atoms with E-state index in [1.165, 1.54) is 11.0 Å². The third-order valence-corrected chi connectivity index (χ3v) is 4.80. The fourth-order valence-electron chi connectivity index (χ4n) is 3.52. The van der Waals surface area contributed by atoms with Gasteiger partial charge >= 0.3 is 6.18 Å². The second-order valence-electron chi connectivity index (χ2n) is 7.50. The molecule has 0 N–H and O–H groups in total. The predicted octanol–water partition coefficient (Wildman–Crippen LogP) is 3.65. The molecule has 0 spiro atoms. The Labute approximate surface area is 161 Å². The van der Waals surface area contributed by atoms with Gasteiger partial charge in [0.2, 0.25) is 5.91 Å². The highest BCUT2D eigenvalue weighted by Crippen LogP contribution is 2.41. The van der Waals surface area contributed by atoms with Crippen LogP contribution in [-0.4, -0.2) is 42.0 Å². The molecule has 1 fully saturated rings. The second-order valence-corrected chi connectivity index (χ2v) is 7.50. The molecule has 1 saturated heterocycles. The van der Waals surface area contributed by atoms with E-state index in [1.807, 2.05) is 13.0 Å². The summed E-state index contributed by atoms with van der Waals surface area (Å²) in [6.07, 6.45) is -4.23. The van der Waals surface area contributed by atoms with Gasteiger partial charge in [0.1, 0.15) is 12.0 Å². The first-order chi connectivity index (χ1) is 13.0. The molecule has 3 unspecified atom stereocenters. The predicted molar refractivity (Wildman–Crippen MR) is 94.4 cm³/mol. The molecular weight excluding hydrogens is 373 g/mol. The molecule has 2 aliphatic heterocycles. The SMILES string of the molecule is Cc1cccc(C2=CC(C(F)(F)F)C(C#N)C(=O)N2CC2COC(C)(C)O2)c1. The smallest absolute Gasteiger partial charge is 0.348 e. The van der Waals surface area contributed by atoms with E-state index >= 15 is 0 Å². The van der Waals surface area contributed by atoms with Crippen molar-refractivity contribution >= 4 is 11.6 Å². The summed E-state index contributed by atoms with van der Waals surface area (Å²) in [5.74, 6) is -5.70. The highest BCUT2D eigenvalue weighted by molar-refractivity contribution is 5.93. The number of amides is 1. The van der Waals surface area contributed by atoms with Crippen LogP contribution < -0.4 is 0 Å². The minimum atomic E-state index is -4.70. The molecule has 28 heavy (non-hydrogen) atoms. The van der Waals surface area contributed by atoms with Gasteiger partial charge in [-0.25, -0.2) is 0 Å². The lowest BCUT2D eigenvalue weighted by molar-refractivity contribution is -0.178. The summed E-state index contributed by atoms with van der Waals surface area (Å²) in [4.78, 5) is 14.1. The third kappa shape index (κ3) is 4.05. The molecule has 5 nitrogen and oxygen atoms in total. The lowest BCUT2D eigenvalue weighted by Crippen LogP contribution is -2.48. The van der Waals surface area contributed by atoms with Crippen molar-refractivity contribution in [3.63, 3.8) is 0 Å². The molecule has 3 rings (SSSR count). The van der Waals surface area contributed by atoms with Crippen molar-refractivity contribution in [2.45, 2.75) is 38.8 Å². The van der Waals surface area contributed by atoms with Crippen LogP contribution in [0.3, 0.4) is 0 Å². The first-order valence-corrected chi connectivity index (χ1v) is 8.90. The monoisotopic (exact) mass is 394 g/mol. The number of alkyl halides is 3. The Hall–Kier alpha value is -2.37. The van der Waals surface area contributed by atoms with E-state index in [0.717, 1.165) is 11.6 Å². The number of nitrogens with zero attached hydrogens (tertiary/aromatic N) is 2. The molecule has 0 bridgehead atoms. The molecular formula is C20H21F3N2O3. The van der Waals surface area contributed by atoms with E-state index in [4.69, 9.17) is 9.47 Å². The number of carbonyl (C=O) groups is 1.